The molecule has 1 atom stereocenters. The summed E-state index contributed by atoms with van der Waals surface area (Å²) < 4.78 is 14.7. The van der Waals surface area contributed by atoms with Crippen molar-refractivity contribution in [2.24, 2.45) is 5.92 Å². The van der Waals surface area contributed by atoms with E-state index in [9.17, 15) is 14.0 Å². The first-order valence-corrected chi connectivity index (χ1v) is 10.2. The Bertz CT molecular complexity index is 728. The molecule has 4 rings (SSSR count). The molecule has 3 aliphatic rings. The summed E-state index contributed by atoms with van der Waals surface area (Å²) in [5.74, 6) is -0.790. The number of nitrogens with one attached hydrogen (secondary N) is 1. The predicted octanol–water partition coefficient (Wildman–Crippen LogP) is 3.54. The summed E-state index contributed by atoms with van der Waals surface area (Å²) in [5.41, 5.74) is 1.03. The van der Waals surface area contributed by atoms with Crippen LogP contribution in [0, 0.1) is 11.7 Å². The van der Waals surface area contributed by atoms with Gasteiger partial charge in [-0.1, -0.05) is 19.3 Å². The highest BCUT2D eigenvalue weighted by atomic mass is 19.1. The zero-order valence-electron chi connectivity index (χ0n) is 15.9. The molecule has 2 saturated carbocycles. The summed E-state index contributed by atoms with van der Waals surface area (Å²) in [6.07, 6.45) is 8.20. The third kappa shape index (κ3) is 3.94. The lowest BCUT2D eigenvalue weighted by atomic mass is 9.94. The van der Waals surface area contributed by atoms with Gasteiger partial charge in [-0.25, -0.2) is 4.39 Å². The van der Waals surface area contributed by atoms with E-state index in [1.807, 2.05) is 16.8 Å². The van der Waals surface area contributed by atoms with Crippen LogP contribution in [0.5, 0.6) is 0 Å². The molecule has 6 heteroatoms. The molecule has 1 unspecified atom stereocenters. The molecule has 0 bridgehead atoms. The smallest absolute Gasteiger partial charge is 0.229 e. The molecule has 0 aromatic heterocycles. The third-order valence-electron chi connectivity index (χ3n) is 6.23. The molecule has 5 nitrogen and oxygen atoms in total. The van der Waals surface area contributed by atoms with Crippen LogP contribution in [0.3, 0.4) is 0 Å². The monoisotopic (exact) mass is 373 g/mol. The Morgan fingerprint density at radius 3 is 2.59 bits per heavy atom. The van der Waals surface area contributed by atoms with Crippen molar-refractivity contribution in [2.45, 2.75) is 63.5 Å². The Morgan fingerprint density at radius 2 is 1.93 bits per heavy atom. The van der Waals surface area contributed by atoms with Gasteiger partial charge in [0.05, 0.1) is 11.6 Å². The van der Waals surface area contributed by atoms with Crippen molar-refractivity contribution in [1.82, 2.24) is 4.90 Å². The molecular formula is C21H28FN3O2. The van der Waals surface area contributed by atoms with Crippen LogP contribution < -0.4 is 10.2 Å². The Morgan fingerprint density at radius 1 is 1.19 bits per heavy atom. The zero-order valence-corrected chi connectivity index (χ0v) is 15.9. The first-order chi connectivity index (χ1) is 13.0. The highest BCUT2D eigenvalue weighted by Gasteiger charge is 2.41. The lowest BCUT2D eigenvalue weighted by Crippen LogP contribution is -2.34. The Kier molecular flexibility index (Phi) is 5.06. The molecule has 0 radical (unpaired) electrons. The fourth-order valence-electron chi connectivity index (χ4n) is 4.43. The van der Waals surface area contributed by atoms with Crippen LogP contribution in [0.1, 0.15) is 51.4 Å². The molecule has 146 valence electrons. The molecule has 2 aliphatic carbocycles. The van der Waals surface area contributed by atoms with Crippen LogP contribution in [0.25, 0.3) is 0 Å². The minimum absolute atomic E-state index is 0.0632. The summed E-state index contributed by atoms with van der Waals surface area (Å²) in [4.78, 5) is 28.4. The van der Waals surface area contributed by atoms with Crippen molar-refractivity contribution >= 4 is 23.2 Å². The predicted molar refractivity (Wildman–Crippen MR) is 103 cm³/mol. The molecule has 1 aromatic rings. The topological polar surface area (TPSA) is 52.7 Å². The van der Waals surface area contributed by atoms with Gasteiger partial charge >= 0.3 is 0 Å². The van der Waals surface area contributed by atoms with Gasteiger partial charge in [0.15, 0.2) is 0 Å². The molecule has 1 saturated heterocycles. The van der Waals surface area contributed by atoms with Gasteiger partial charge in [-0.05, 0) is 43.9 Å². The molecule has 1 N–H and O–H groups in total. The fourth-order valence-corrected chi connectivity index (χ4v) is 4.43. The largest absolute Gasteiger partial charge is 0.369 e. The van der Waals surface area contributed by atoms with Crippen molar-refractivity contribution in [1.29, 1.82) is 0 Å². The van der Waals surface area contributed by atoms with E-state index < -0.39 is 0 Å². The molecule has 2 amide bonds. The van der Waals surface area contributed by atoms with Gasteiger partial charge < -0.3 is 15.1 Å². The van der Waals surface area contributed by atoms with Crippen LogP contribution in [0.4, 0.5) is 15.8 Å². The van der Waals surface area contributed by atoms with Crippen LogP contribution in [-0.4, -0.2) is 42.4 Å². The van der Waals surface area contributed by atoms with Crippen LogP contribution >= 0.6 is 0 Å². The minimum atomic E-state index is -0.342. The fraction of sp³-hybridized carbons (Fsp3) is 0.619. The van der Waals surface area contributed by atoms with E-state index in [2.05, 4.69) is 5.32 Å². The van der Waals surface area contributed by atoms with Gasteiger partial charge in [0, 0.05) is 37.8 Å². The number of nitrogens with zero attached hydrogens (tertiary/aromatic N) is 2. The second kappa shape index (κ2) is 7.49. The van der Waals surface area contributed by atoms with Crippen LogP contribution in [-0.2, 0) is 9.59 Å². The Labute approximate surface area is 159 Å². The van der Waals surface area contributed by atoms with Crippen molar-refractivity contribution < 1.29 is 14.0 Å². The van der Waals surface area contributed by atoms with Gasteiger partial charge in [-0.3, -0.25) is 9.59 Å². The average molecular weight is 373 g/mol. The molecular weight excluding hydrogens is 345 g/mol. The number of rotatable bonds is 5. The molecule has 0 spiro atoms. The molecule has 3 fully saturated rings. The third-order valence-corrected chi connectivity index (χ3v) is 6.23. The number of benzene rings is 1. The number of anilines is 2. The maximum Gasteiger partial charge on any atom is 0.229 e. The normalized spacial score (nSPS) is 23.6. The van der Waals surface area contributed by atoms with E-state index in [-0.39, 0.29) is 30.0 Å². The maximum absolute atomic E-state index is 14.7. The standard InChI is InChI=1S/C21H28FN3O2/c1-24(16-5-3-2-4-6-16)19-10-7-15(12-18(19)22)23-21(27)14-11-20(26)25(13-14)17-8-9-17/h7,10,12,14,16-17H,2-6,8-9,11,13H2,1H3,(H,23,27). The van der Waals surface area contributed by atoms with E-state index in [0.29, 0.717) is 30.0 Å². The second-order valence-electron chi connectivity index (χ2n) is 8.24. The van der Waals surface area contributed by atoms with E-state index in [0.717, 1.165) is 25.7 Å². The summed E-state index contributed by atoms with van der Waals surface area (Å²) >= 11 is 0. The average Bonchev–Trinajstić information content (AvgIpc) is 3.43. The highest BCUT2D eigenvalue weighted by molar-refractivity contribution is 5.97. The second-order valence-corrected chi connectivity index (χ2v) is 8.24. The van der Waals surface area contributed by atoms with E-state index in [1.165, 1.54) is 25.3 Å². The number of likely N-dealkylation sites (tertiary alicyclic amines) is 1. The van der Waals surface area contributed by atoms with Crippen molar-refractivity contribution in [3.63, 3.8) is 0 Å². The van der Waals surface area contributed by atoms with Gasteiger partial charge in [0.25, 0.3) is 0 Å². The van der Waals surface area contributed by atoms with Gasteiger partial charge in [-0.2, -0.15) is 0 Å². The summed E-state index contributed by atoms with van der Waals surface area (Å²) in [5, 5.41) is 2.79. The lowest BCUT2D eigenvalue weighted by molar-refractivity contribution is -0.128. The molecule has 1 aromatic carbocycles. The number of amides is 2. The van der Waals surface area contributed by atoms with Gasteiger partial charge in [-0.15, -0.1) is 0 Å². The zero-order chi connectivity index (χ0) is 19.0. The first-order valence-electron chi connectivity index (χ1n) is 10.2. The summed E-state index contributed by atoms with van der Waals surface area (Å²) in [7, 11) is 1.95. The van der Waals surface area contributed by atoms with E-state index in [1.54, 1.807) is 12.1 Å². The van der Waals surface area contributed by atoms with Crippen LogP contribution in [0.15, 0.2) is 18.2 Å². The number of hydrogen-bond donors (Lipinski definition) is 1. The molecule has 27 heavy (non-hydrogen) atoms. The number of carbonyl (C=O) groups is 2. The summed E-state index contributed by atoms with van der Waals surface area (Å²) in [6, 6.07) is 5.61. The summed E-state index contributed by atoms with van der Waals surface area (Å²) in [6.45, 7) is 0.486. The van der Waals surface area contributed by atoms with Crippen LogP contribution in [0.2, 0.25) is 0 Å². The van der Waals surface area contributed by atoms with Crippen molar-refractivity contribution in [3.05, 3.63) is 24.0 Å². The van der Waals surface area contributed by atoms with Gasteiger partial charge in [0.1, 0.15) is 5.82 Å². The number of halogens is 1. The van der Waals surface area contributed by atoms with Crippen molar-refractivity contribution in [3.8, 4) is 0 Å². The minimum Gasteiger partial charge on any atom is -0.369 e. The SMILES string of the molecule is CN(c1ccc(NC(=O)C2CC(=O)N(C3CC3)C2)cc1F)C1CCCCC1. The Hall–Kier alpha value is -2.11. The Balaban J connectivity index is 1.38. The quantitative estimate of drug-likeness (QED) is 0.859. The van der Waals surface area contributed by atoms with Gasteiger partial charge in [0.2, 0.25) is 11.8 Å². The maximum atomic E-state index is 14.7. The highest BCUT2D eigenvalue weighted by Crippen LogP contribution is 2.33. The van der Waals surface area contributed by atoms with E-state index >= 15 is 0 Å². The molecule has 1 aliphatic heterocycles. The number of hydrogen-bond acceptors (Lipinski definition) is 3. The number of carbonyl (C=O) groups excluding carboxylic acids is 2. The molecule has 1 heterocycles. The lowest BCUT2D eigenvalue weighted by Gasteiger charge is -2.33. The van der Waals surface area contributed by atoms with E-state index in [4.69, 9.17) is 0 Å². The van der Waals surface area contributed by atoms with Crippen molar-refractivity contribution in [2.75, 3.05) is 23.8 Å². The first kappa shape index (κ1) is 18.3.